The van der Waals surface area contributed by atoms with Gasteiger partial charge >= 0.3 is 0 Å². The van der Waals surface area contributed by atoms with Gasteiger partial charge in [0.25, 0.3) is 0 Å². The highest BCUT2D eigenvalue weighted by Gasteiger charge is 2.17. The summed E-state index contributed by atoms with van der Waals surface area (Å²) >= 11 is 0. The summed E-state index contributed by atoms with van der Waals surface area (Å²) in [4.78, 5) is 11.6. The van der Waals surface area contributed by atoms with Crippen LogP contribution in [0.2, 0.25) is 0 Å². The molecular formula is C27H51NO3. The van der Waals surface area contributed by atoms with Gasteiger partial charge in [-0.15, -0.1) is 0 Å². The minimum absolute atomic E-state index is 0.130. The van der Waals surface area contributed by atoms with Crippen LogP contribution in [0.25, 0.3) is 0 Å². The van der Waals surface area contributed by atoms with E-state index in [9.17, 15) is 15.0 Å². The molecule has 0 aromatic heterocycles. The molecule has 3 N–H and O–H groups in total. The Morgan fingerprint density at radius 3 is 1.81 bits per heavy atom. The van der Waals surface area contributed by atoms with Crippen molar-refractivity contribution >= 4 is 5.91 Å². The lowest BCUT2D eigenvalue weighted by atomic mass is 10.0. The molecule has 0 heterocycles. The average molecular weight is 438 g/mol. The molecule has 0 fully saturated rings. The lowest BCUT2D eigenvalue weighted by molar-refractivity contribution is -0.122. The maximum atomic E-state index is 11.6. The number of hydrogen-bond donors (Lipinski definition) is 3. The topological polar surface area (TPSA) is 69.6 Å². The predicted molar refractivity (Wildman–Crippen MR) is 133 cm³/mol. The molecule has 0 saturated carbocycles. The third kappa shape index (κ3) is 20.5. The second-order valence-electron chi connectivity index (χ2n) is 8.75. The highest BCUT2D eigenvalue weighted by atomic mass is 16.3. The van der Waals surface area contributed by atoms with Gasteiger partial charge in [-0.05, 0) is 32.1 Å². The maximum absolute atomic E-state index is 11.6. The molecule has 0 aliphatic heterocycles. The summed E-state index contributed by atoms with van der Waals surface area (Å²) in [6, 6.07) is -0.628. The van der Waals surface area contributed by atoms with Crippen molar-refractivity contribution in [3.63, 3.8) is 0 Å². The van der Waals surface area contributed by atoms with Gasteiger partial charge in [0.15, 0.2) is 0 Å². The Bertz CT molecular complexity index is 448. The molecule has 1 amide bonds. The van der Waals surface area contributed by atoms with Crippen LogP contribution in [-0.2, 0) is 4.79 Å². The number of aliphatic hydroxyl groups is 2. The van der Waals surface area contributed by atoms with Gasteiger partial charge in [0.2, 0.25) is 5.91 Å². The van der Waals surface area contributed by atoms with E-state index in [1.165, 1.54) is 77.0 Å². The summed E-state index contributed by atoms with van der Waals surface area (Å²) in [5, 5.41) is 22.1. The fourth-order valence-corrected chi connectivity index (χ4v) is 3.65. The van der Waals surface area contributed by atoms with Gasteiger partial charge in [0.1, 0.15) is 0 Å². The lowest BCUT2D eigenvalue weighted by Crippen LogP contribution is -2.45. The summed E-state index contributed by atoms with van der Waals surface area (Å²) in [5.74, 6) is -0.130. The Kier molecular flexibility index (Phi) is 22.7. The molecule has 0 saturated heterocycles. The fraction of sp³-hybridized carbons (Fsp3) is 0.815. The van der Waals surface area contributed by atoms with Gasteiger partial charge in [-0.3, -0.25) is 4.79 Å². The minimum atomic E-state index is -0.851. The summed E-state index contributed by atoms with van der Waals surface area (Å²) < 4.78 is 0. The number of amides is 1. The normalized spacial score (nSPS) is 13.8. The zero-order chi connectivity index (χ0) is 23.0. The van der Waals surface area contributed by atoms with Gasteiger partial charge < -0.3 is 15.5 Å². The van der Waals surface area contributed by atoms with E-state index < -0.39 is 12.1 Å². The zero-order valence-electron chi connectivity index (χ0n) is 20.5. The van der Waals surface area contributed by atoms with Crippen molar-refractivity contribution in [3.05, 3.63) is 24.3 Å². The molecule has 2 atom stereocenters. The van der Waals surface area contributed by atoms with E-state index in [4.69, 9.17) is 0 Å². The van der Waals surface area contributed by atoms with Crippen LogP contribution in [0.15, 0.2) is 24.3 Å². The first-order valence-corrected chi connectivity index (χ1v) is 13.1. The molecular weight excluding hydrogens is 386 g/mol. The zero-order valence-corrected chi connectivity index (χ0v) is 20.5. The number of nitrogens with one attached hydrogen (secondary N) is 1. The molecule has 0 aromatic carbocycles. The standard InChI is InChI=1S/C27H51NO3/c1-3-5-6-7-8-9-10-11-12-13-14-15-16-17-18-19-20-21-23-26(30)25(24-29)28-27(31)22-4-2/h17-18,21,23,25-26,29-30H,3-16,19-20,22,24H2,1-2H3,(H,28,31)/b18-17+,23-21+. The van der Waals surface area contributed by atoms with Crippen LogP contribution < -0.4 is 5.32 Å². The van der Waals surface area contributed by atoms with E-state index in [1.807, 2.05) is 13.0 Å². The van der Waals surface area contributed by atoms with Gasteiger partial charge in [0.05, 0.1) is 18.8 Å². The van der Waals surface area contributed by atoms with E-state index in [2.05, 4.69) is 24.4 Å². The van der Waals surface area contributed by atoms with Gasteiger partial charge in [0, 0.05) is 6.42 Å². The SMILES string of the molecule is CCCCCCCCCCCCCC/C=C/CC/C=C/C(O)C(CO)NC(=O)CCC. The number of allylic oxidation sites excluding steroid dienone is 3. The number of aliphatic hydroxyl groups excluding tert-OH is 2. The minimum Gasteiger partial charge on any atom is -0.394 e. The molecule has 0 rings (SSSR count). The van der Waals surface area contributed by atoms with Crippen LogP contribution in [0.5, 0.6) is 0 Å². The molecule has 4 heteroatoms. The summed E-state index contributed by atoms with van der Waals surface area (Å²) in [7, 11) is 0. The third-order valence-corrected chi connectivity index (χ3v) is 5.66. The number of hydrogen-bond acceptors (Lipinski definition) is 3. The van der Waals surface area contributed by atoms with Gasteiger partial charge in [-0.2, -0.15) is 0 Å². The van der Waals surface area contributed by atoms with Crippen LogP contribution in [0.4, 0.5) is 0 Å². The fourth-order valence-electron chi connectivity index (χ4n) is 3.65. The van der Waals surface area contributed by atoms with Gasteiger partial charge in [-0.25, -0.2) is 0 Å². The summed E-state index contributed by atoms with van der Waals surface area (Å²) in [6.07, 6.45) is 28.0. The summed E-state index contributed by atoms with van der Waals surface area (Å²) in [5.41, 5.74) is 0. The first kappa shape index (κ1) is 29.9. The van der Waals surface area contributed by atoms with E-state index in [-0.39, 0.29) is 12.5 Å². The average Bonchev–Trinajstić information content (AvgIpc) is 2.76. The monoisotopic (exact) mass is 437 g/mol. The number of carbonyl (C=O) groups is 1. The molecule has 182 valence electrons. The Morgan fingerprint density at radius 1 is 0.742 bits per heavy atom. The van der Waals surface area contributed by atoms with E-state index in [1.54, 1.807) is 6.08 Å². The molecule has 0 bridgehead atoms. The number of carbonyl (C=O) groups excluding carboxylic acids is 1. The van der Waals surface area contributed by atoms with Crippen molar-refractivity contribution in [3.8, 4) is 0 Å². The van der Waals surface area contributed by atoms with Crippen LogP contribution in [0.1, 0.15) is 123 Å². The van der Waals surface area contributed by atoms with E-state index >= 15 is 0 Å². The molecule has 0 aromatic rings. The maximum Gasteiger partial charge on any atom is 0.220 e. The smallest absolute Gasteiger partial charge is 0.220 e. The highest BCUT2D eigenvalue weighted by molar-refractivity contribution is 5.76. The lowest BCUT2D eigenvalue weighted by Gasteiger charge is -2.19. The molecule has 4 nitrogen and oxygen atoms in total. The molecule has 2 unspecified atom stereocenters. The third-order valence-electron chi connectivity index (χ3n) is 5.66. The van der Waals surface area contributed by atoms with Crippen LogP contribution in [0.3, 0.4) is 0 Å². The molecule has 0 spiro atoms. The van der Waals surface area contributed by atoms with Crippen molar-refractivity contribution in [1.29, 1.82) is 0 Å². The second-order valence-corrected chi connectivity index (χ2v) is 8.75. The largest absolute Gasteiger partial charge is 0.394 e. The van der Waals surface area contributed by atoms with Crippen molar-refractivity contribution in [2.45, 2.75) is 135 Å². The van der Waals surface area contributed by atoms with Crippen molar-refractivity contribution < 1.29 is 15.0 Å². The van der Waals surface area contributed by atoms with Crippen molar-refractivity contribution in [1.82, 2.24) is 5.32 Å². The number of unbranched alkanes of at least 4 members (excludes halogenated alkanes) is 13. The van der Waals surface area contributed by atoms with Gasteiger partial charge in [-0.1, -0.05) is 109 Å². The van der Waals surface area contributed by atoms with Crippen molar-refractivity contribution in [2.75, 3.05) is 6.61 Å². The van der Waals surface area contributed by atoms with Crippen LogP contribution in [0, 0.1) is 0 Å². The Morgan fingerprint density at radius 2 is 1.26 bits per heavy atom. The predicted octanol–water partition coefficient (Wildman–Crippen LogP) is 6.61. The number of rotatable bonds is 22. The Hall–Kier alpha value is -1.13. The molecule has 31 heavy (non-hydrogen) atoms. The quantitative estimate of drug-likeness (QED) is 0.132. The van der Waals surface area contributed by atoms with E-state index in [0.29, 0.717) is 6.42 Å². The first-order valence-electron chi connectivity index (χ1n) is 13.1. The Labute approximate surface area is 192 Å². The first-order chi connectivity index (χ1) is 15.2. The molecule has 0 aliphatic rings. The van der Waals surface area contributed by atoms with E-state index in [0.717, 1.165) is 25.7 Å². The molecule has 0 aliphatic carbocycles. The van der Waals surface area contributed by atoms with Crippen molar-refractivity contribution in [2.24, 2.45) is 0 Å². The Balaban J connectivity index is 3.55. The summed E-state index contributed by atoms with van der Waals surface area (Å²) in [6.45, 7) is 3.94. The second kappa shape index (κ2) is 23.5. The van der Waals surface area contributed by atoms with Crippen LogP contribution in [-0.4, -0.2) is 34.9 Å². The molecule has 0 radical (unpaired) electrons. The highest BCUT2D eigenvalue weighted by Crippen LogP contribution is 2.12. The van der Waals surface area contributed by atoms with Crippen LogP contribution >= 0.6 is 0 Å².